The summed E-state index contributed by atoms with van der Waals surface area (Å²) in [6, 6.07) is 9.37. The van der Waals surface area contributed by atoms with Gasteiger partial charge in [0.25, 0.3) is 0 Å². The summed E-state index contributed by atoms with van der Waals surface area (Å²) in [5.41, 5.74) is 1.63. The molecule has 1 N–H and O–H groups in total. The number of hydrogen-bond acceptors (Lipinski definition) is 2. The minimum atomic E-state index is -0.161. The molecule has 1 aliphatic carbocycles. The first kappa shape index (κ1) is 13.9. The fourth-order valence-electron chi connectivity index (χ4n) is 3.90. The van der Waals surface area contributed by atoms with E-state index in [2.05, 4.69) is 57.3 Å². The van der Waals surface area contributed by atoms with Crippen molar-refractivity contribution >= 4 is 0 Å². The van der Waals surface area contributed by atoms with E-state index in [0.29, 0.717) is 17.5 Å². The van der Waals surface area contributed by atoms with Crippen molar-refractivity contribution in [2.24, 2.45) is 5.41 Å². The first-order valence-corrected chi connectivity index (χ1v) is 7.91. The fourth-order valence-corrected chi connectivity index (χ4v) is 3.90. The average Bonchev–Trinajstić information content (AvgIpc) is 2.59. The molecule has 1 saturated carbocycles. The topological polar surface area (TPSA) is 21.3 Å². The van der Waals surface area contributed by atoms with Crippen LogP contribution in [0.3, 0.4) is 0 Å². The Balaban J connectivity index is 1.79. The van der Waals surface area contributed by atoms with Crippen molar-refractivity contribution < 1.29 is 4.74 Å². The molecule has 20 heavy (non-hydrogen) atoms. The maximum atomic E-state index is 6.14. The second-order valence-corrected chi connectivity index (χ2v) is 7.80. The van der Waals surface area contributed by atoms with E-state index < -0.39 is 0 Å². The van der Waals surface area contributed by atoms with Crippen molar-refractivity contribution in [2.75, 3.05) is 0 Å². The zero-order chi connectivity index (χ0) is 14.4. The summed E-state index contributed by atoms with van der Waals surface area (Å²) in [5, 5.41) is 3.89. The first-order valence-electron chi connectivity index (χ1n) is 7.91. The van der Waals surface area contributed by atoms with Gasteiger partial charge in [0.05, 0.1) is 6.04 Å². The molecule has 1 aliphatic heterocycles. The number of benzene rings is 1. The normalized spacial score (nSPS) is 30.6. The first-order chi connectivity index (χ1) is 9.37. The molecule has 1 aromatic rings. The molecule has 0 bridgehead atoms. The van der Waals surface area contributed by atoms with Gasteiger partial charge in [-0.1, -0.05) is 38.5 Å². The molecule has 3 rings (SSSR count). The van der Waals surface area contributed by atoms with Crippen LogP contribution in [0, 0.1) is 5.41 Å². The molecule has 1 heterocycles. The monoisotopic (exact) mass is 273 g/mol. The molecular formula is C18H27NO. The molecule has 1 aromatic carbocycles. The van der Waals surface area contributed by atoms with E-state index in [-0.39, 0.29) is 5.60 Å². The lowest BCUT2D eigenvalue weighted by atomic mass is 9.74. The van der Waals surface area contributed by atoms with E-state index in [1.54, 1.807) is 0 Å². The molecule has 2 aliphatic rings. The smallest absolute Gasteiger partial charge is 0.125 e. The zero-order valence-electron chi connectivity index (χ0n) is 13.2. The summed E-state index contributed by atoms with van der Waals surface area (Å²) in [4.78, 5) is 0. The van der Waals surface area contributed by atoms with E-state index in [0.717, 1.165) is 5.75 Å². The van der Waals surface area contributed by atoms with E-state index in [9.17, 15) is 0 Å². The highest BCUT2D eigenvalue weighted by Crippen LogP contribution is 2.44. The van der Waals surface area contributed by atoms with E-state index in [4.69, 9.17) is 4.74 Å². The van der Waals surface area contributed by atoms with Gasteiger partial charge in [-0.15, -0.1) is 0 Å². The predicted octanol–water partition coefficient (Wildman–Crippen LogP) is 4.46. The number of rotatable bonds is 2. The molecule has 110 valence electrons. The Morgan fingerprint density at radius 3 is 2.65 bits per heavy atom. The molecule has 0 radical (unpaired) electrons. The molecular weight excluding hydrogens is 246 g/mol. The van der Waals surface area contributed by atoms with E-state index >= 15 is 0 Å². The highest BCUT2D eigenvalue weighted by molar-refractivity contribution is 5.42. The van der Waals surface area contributed by atoms with Crippen LogP contribution in [0.2, 0.25) is 0 Å². The van der Waals surface area contributed by atoms with E-state index in [1.807, 2.05) is 0 Å². The highest BCUT2D eigenvalue weighted by Gasteiger charge is 2.42. The summed E-state index contributed by atoms with van der Waals surface area (Å²) >= 11 is 0. The largest absolute Gasteiger partial charge is 0.486 e. The molecule has 2 unspecified atom stereocenters. The lowest BCUT2D eigenvalue weighted by Gasteiger charge is -2.39. The Morgan fingerprint density at radius 1 is 1.15 bits per heavy atom. The molecule has 0 aromatic heterocycles. The van der Waals surface area contributed by atoms with Gasteiger partial charge < -0.3 is 10.1 Å². The molecule has 2 heteroatoms. The number of para-hydroxylation sites is 1. The number of fused-ring (bicyclic) bond motifs is 1. The van der Waals surface area contributed by atoms with Crippen LogP contribution in [0.1, 0.15) is 65.0 Å². The Morgan fingerprint density at radius 2 is 1.90 bits per heavy atom. The summed E-state index contributed by atoms with van der Waals surface area (Å²) in [6.45, 7) is 9.17. The summed E-state index contributed by atoms with van der Waals surface area (Å²) in [5.74, 6) is 1.05. The highest BCUT2D eigenvalue weighted by atomic mass is 16.5. The lowest BCUT2D eigenvalue weighted by Crippen LogP contribution is -2.46. The number of nitrogens with one attached hydrogen (secondary N) is 1. The van der Waals surface area contributed by atoms with Crippen molar-refractivity contribution in [1.82, 2.24) is 5.32 Å². The molecule has 0 saturated heterocycles. The maximum absolute atomic E-state index is 6.14. The maximum Gasteiger partial charge on any atom is 0.125 e. The van der Waals surface area contributed by atoms with Crippen LogP contribution in [0.15, 0.2) is 24.3 Å². The third kappa shape index (κ3) is 2.58. The van der Waals surface area contributed by atoms with Gasteiger partial charge in [0.1, 0.15) is 11.4 Å². The van der Waals surface area contributed by atoms with E-state index in [1.165, 1.54) is 31.2 Å². The second kappa shape index (κ2) is 4.77. The van der Waals surface area contributed by atoms with Gasteiger partial charge in [-0.25, -0.2) is 0 Å². The van der Waals surface area contributed by atoms with Crippen LogP contribution in [0.5, 0.6) is 5.75 Å². The van der Waals surface area contributed by atoms with Crippen LogP contribution in [-0.2, 0) is 0 Å². The van der Waals surface area contributed by atoms with Crippen molar-refractivity contribution in [1.29, 1.82) is 0 Å². The Hall–Kier alpha value is -1.02. The van der Waals surface area contributed by atoms with Crippen molar-refractivity contribution in [3.8, 4) is 5.75 Å². The quantitative estimate of drug-likeness (QED) is 0.859. The zero-order valence-corrected chi connectivity index (χ0v) is 13.2. The van der Waals surface area contributed by atoms with Crippen molar-refractivity contribution in [3.05, 3.63) is 29.8 Å². The van der Waals surface area contributed by atoms with Gasteiger partial charge in [-0.05, 0) is 44.6 Å². The van der Waals surface area contributed by atoms with Crippen LogP contribution >= 0.6 is 0 Å². The van der Waals surface area contributed by atoms with Gasteiger partial charge >= 0.3 is 0 Å². The Kier molecular flexibility index (Phi) is 3.32. The van der Waals surface area contributed by atoms with Gasteiger partial charge in [-0.3, -0.25) is 0 Å². The Bertz CT molecular complexity index is 492. The van der Waals surface area contributed by atoms with Gasteiger partial charge in [0.2, 0.25) is 0 Å². The number of ether oxygens (including phenoxy) is 1. The van der Waals surface area contributed by atoms with Gasteiger partial charge in [0.15, 0.2) is 0 Å². The van der Waals surface area contributed by atoms with Gasteiger partial charge in [0, 0.05) is 11.6 Å². The number of hydrogen-bond donors (Lipinski definition) is 1. The molecule has 0 spiro atoms. The fraction of sp³-hybridized carbons (Fsp3) is 0.667. The predicted molar refractivity (Wildman–Crippen MR) is 83.1 cm³/mol. The Labute approximate surface area is 122 Å². The van der Waals surface area contributed by atoms with Crippen LogP contribution < -0.4 is 10.1 Å². The summed E-state index contributed by atoms with van der Waals surface area (Å²) in [6.07, 6.45) is 5.24. The van der Waals surface area contributed by atoms with Crippen LogP contribution in [-0.4, -0.2) is 11.6 Å². The third-order valence-corrected chi connectivity index (χ3v) is 4.91. The van der Waals surface area contributed by atoms with Crippen LogP contribution in [0.25, 0.3) is 0 Å². The summed E-state index contributed by atoms with van der Waals surface area (Å²) < 4.78 is 6.14. The molecule has 1 fully saturated rings. The lowest BCUT2D eigenvalue weighted by molar-refractivity contribution is 0.0797. The SMILES string of the molecule is CC1(C)CCCC(NC2c3ccccc3OC2(C)C)C1. The second-order valence-electron chi connectivity index (χ2n) is 7.80. The minimum absolute atomic E-state index is 0.161. The summed E-state index contributed by atoms with van der Waals surface area (Å²) in [7, 11) is 0. The van der Waals surface area contributed by atoms with Crippen LogP contribution in [0.4, 0.5) is 0 Å². The third-order valence-electron chi connectivity index (χ3n) is 4.91. The molecule has 2 nitrogen and oxygen atoms in total. The molecule has 2 atom stereocenters. The minimum Gasteiger partial charge on any atom is -0.486 e. The average molecular weight is 273 g/mol. The van der Waals surface area contributed by atoms with Gasteiger partial charge in [-0.2, -0.15) is 0 Å². The van der Waals surface area contributed by atoms with Crippen molar-refractivity contribution in [3.63, 3.8) is 0 Å². The van der Waals surface area contributed by atoms with Crippen molar-refractivity contribution in [2.45, 2.75) is 71.1 Å². The standard InChI is InChI=1S/C18H27NO/c1-17(2)11-7-8-13(12-17)19-16-14-9-5-6-10-15(14)20-18(16,3)4/h5-6,9-10,13,16,19H,7-8,11-12H2,1-4H3. The molecule has 0 amide bonds.